The molecule has 2 atom stereocenters. The van der Waals surface area contributed by atoms with Crippen LogP contribution in [-0.2, 0) is 0 Å². The van der Waals surface area contributed by atoms with Crippen molar-refractivity contribution >= 4 is 35.1 Å². The van der Waals surface area contributed by atoms with Gasteiger partial charge >= 0.3 is 0 Å². The van der Waals surface area contributed by atoms with E-state index in [0.29, 0.717) is 21.8 Å². The molecule has 2 unspecified atom stereocenters. The Labute approximate surface area is 135 Å². The predicted octanol–water partition coefficient (Wildman–Crippen LogP) is 3.57. The van der Waals surface area contributed by atoms with E-state index in [9.17, 15) is 4.79 Å². The summed E-state index contributed by atoms with van der Waals surface area (Å²) in [6.45, 7) is 2.74. The summed E-state index contributed by atoms with van der Waals surface area (Å²) >= 11 is 7.99. The summed E-state index contributed by atoms with van der Waals surface area (Å²) in [5.74, 6) is 0.504. The van der Waals surface area contributed by atoms with Gasteiger partial charge in [-0.15, -0.1) is 0 Å². The van der Waals surface area contributed by atoms with Crippen LogP contribution in [0.15, 0.2) is 12.1 Å². The first-order valence-electron chi connectivity index (χ1n) is 7.38. The van der Waals surface area contributed by atoms with Crippen LogP contribution in [0.1, 0.15) is 43.1 Å². The third kappa shape index (κ3) is 4.51. The van der Waals surface area contributed by atoms with Gasteiger partial charge in [-0.2, -0.15) is 11.8 Å². The van der Waals surface area contributed by atoms with Crippen molar-refractivity contribution < 1.29 is 4.79 Å². The fourth-order valence-electron chi connectivity index (χ4n) is 2.62. The number of carbonyl (C=O) groups is 1. The third-order valence-electron chi connectivity index (χ3n) is 3.71. The minimum Gasteiger partial charge on any atom is -0.370 e. The van der Waals surface area contributed by atoms with Gasteiger partial charge in [0.25, 0.3) is 5.91 Å². The number of thioether (sulfide) groups is 1. The molecule has 0 aliphatic heterocycles. The summed E-state index contributed by atoms with van der Waals surface area (Å²) in [6.07, 6.45) is 6.59. The molecule has 0 bridgehead atoms. The summed E-state index contributed by atoms with van der Waals surface area (Å²) in [5.41, 5.74) is 0.307. The van der Waals surface area contributed by atoms with E-state index in [2.05, 4.69) is 21.9 Å². The molecule has 116 valence electrons. The lowest BCUT2D eigenvalue weighted by Crippen LogP contribution is -2.39. The Balaban J connectivity index is 2.04. The number of carbonyl (C=O) groups excluding carboxylic acids is 1. The normalized spacial score (nSPS) is 21.9. The molecule has 0 spiro atoms. The number of nitrogens with zero attached hydrogens (tertiary/aromatic N) is 1. The molecule has 0 saturated heterocycles. The average Bonchev–Trinajstić information content (AvgIpc) is 2.49. The van der Waals surface area contributed by atoms with Gasteiger partial charge in [-0.25, -0.2) is 4.98 Å². The van der Waals surface area contributed by atoms with Crippen molar-refractivity contribution in [2.45, 2.75) is 43.9 Å². The highest BCUT2D eigenvalue weighted by atomic mass is 35.5. The lowest BCUT2D eigenvalue weighted by atomic mass is 9.95. The third-order valence-corrected chi connectivity index (χ3v) is 5.11. The number of aromatic nitrogens is 1. The predicted molar refractivity (Wildman–Crippen MR) is 90.4 cm³/mol. The number of halogens is 1. The first kappa shape index (κ1) is 16.4. The molecule has 1 aliphatic rings. The van der Waals surface area contributed by atoms with Gasteiger partial charge in [0.1, 0.15) is 11.5 Å². The maximum atomic E-state index is 12.4. The van der Waals surface area contributed by atoms with Crippen molar-refractivity contribution in [3.8, 4) is 0 Å². The monoisotopic (exact) mass is 327 g/mol. The van der Waals surface area contributed by atoms with Crippen molar-refractivity contribution in [3.05, 3.63) is 22.8 Å². The molecule has 2 N–H and O–H groups in total. The second kappa shape index (κ2) is 7.90. The van der Waals surface area contributed by atoms with Gasteiger partial charge in [-0.05, 0) is 44.6 Å². The molecule has 21 heavy (non-hydrogen) atoms. The zero-order valence-electron chi connectivity index (χ0n) is 12.5. The zero-order valence-corrected chi connectivity index (χ0v) is 14.1. The van der Waals surface area contributed by atoms with Crippen molar-refractivity contribution in [2.24, 2.45) is 0 Å². The molecule has 6 heteroatoms. The molecular formula is C15H22ClN3OS. The maximum Gasteiger partial charge on any atom is 0.271 e. The van der Waals surface area contributed by atoms with Gasteiger partial charge in [0.2, 0.25) is 0 Å². The fourth-order valence-corrected chi connectivity index (χ4v) is 3.64. The van der Waals surface area contributed by atoms with Gasteiger partial charge in [-0.1, -0.05) is 18.0 Å². The number of nitrogens with one attached hydrogen (secondary N) is 2. The van der Waals surface area contributed by atoms with Crippen LogP contribution in [0.3, 0.4) is 0 Å². The molecular weight excluding hydrogens is 306 g/mol. The summed E-state index contributed by atoms with van der Waals surface area (Å²) < 4.78 is 0. The number of amides is 1. The largest absolute Gasteiger partial charge is 0.370 e. The number of hydrogen-bond acceptors (Lipinski definition) is 4. The van der Waals surface area contributed by atoms with Crippen molar-refractivity contribution in [2.75, 3.05) is 18.1 Å². The van der Waals surface area contributed by atoms with Crippen LogP contribution in [0.2, 0.25) is 5.02 Å². The molecule has 0 aromatic carbocycles. The van der Waals surface area contributed by atoms with E-state index in [0.717, 1.165) is 25.8 Å². The maximum absolute atomic E-state index is 12.4. The highest BCUT2D eigenvalue weighted by Crippen LogP contribution is 2.27. The van der Waals surface area contributed by atoms with Crippen LogP contribution in [0, 0.1) is 0 Å². The second-order valence-corrected chi connectivity index (χ2v) is 6.80. The zero-order chi connectivity index (χ0) is 15.2. The summed E-state index contributed by atoms with van der Waals surface area (Å²) in [5, 5.41) is 7.21. The second-order valence-electron chi connectivity index (χ2n) is 5.25. The van der Waals surface area contributed by atoms with E-state index in [4.69, 9.17) is 11.6 Å². The Bertz CT molecular complexity index is 498. The highest BCUT2D eigenvalue weighted by Gasteiger charge is 2.24. The molecule has 4 nitrogen and oxygen atoms in total. The van der Waals surface area contributed by atoms with Crippen molar-refractivity contribution in [1.29, 1.82) is 0 Å². The van der Waals surface area contributed by atoms with E-state index in [1.54, 1.807) is 12.1 Å². The van der Waals surface area contributed by atoms with E-state index < -0.39 is 0 Å². The van der Waals surface area contributed by atoms with E-state index in [1.807, 2.05) is 18.7 Å². The highest BCUT2D eigenvalue weighted by molar-refractivity contribution is 7.99. The summed E-state index contributed by atoms with van der Waals surface area (Å²) in [4.78, 5) is 16.7. The Hall–Kier alpha value is -0.940. The number of anilines is 1. The Morgan fingerprint density at radius 3 is 3.00 bits per heavy atom. The Morgan fingerprint density at radius 1 is 1.48 bits per heavy atom. The van der Waals surface area contributed by atoms with Gasteiger partial charge in [-0.3, -0.25) is 4.79 Å². The lowest BCUT2D eigenvalue weighted by molar-refractivity contribution is 0.0923. The van der Waals surface area contributed by atoms with Crippen LogP contribution < -0.4 is 10.6 Å². The molecule has 1 heterocycles. The number of rotatable bonds is 5. The summed E-state index contributed by atoms with van der Waals surface area (Å²) in [7, 11) is 0. The van der Waals surface area contributed by atoms with Crippen LogP contribution >= 0.6 is 23.4 Å². The molecule has 1 aromatic rings. The molecule has 1 amide bonds. The van der Waals surface area contributed by atoms with Gasteiger partial charge in [0, 0.05) is 17.8 Å². The van der Waals surface area contributed by atoms with Crippen LogP contribution in [-0.4, -0.2) is 35.0 Å². The first-order valence-corrected chi connectivity index (χ1v) is 9.04. The lowest BCUT2D eigenvalue weighted by Gasteiger charge is -2.28. The quantitative estimate of drug-likeness (QED) is 0.868. The minimum atomic E-state index is -0.175. The van der Waals surface area contributed by atoms with Crippen molar-refractivity contribution in [1.82, 2.24) is 10.3 Å². The Kier molecular flexibility index (Phi) is 6.18. The number of hydrogen-bond donors (Lipinski definition) is 2. The number of pyridine rings is 1. The molecule has 0 radical (unpaired) electrons. The standard InChI is InChI=1S/C15H22ClN3OS/c1-3-17-13-8-7-12(16)14(19-13)15(20)18-10-5-4-6-11(9-10)21-2/h7-8,10-11H,3-6,9H2,1-2H3,(H,17,19)(H,18,20). The molecule has 1 aromatic heterocycles. The minimum absolute atomic E-state index is 0.175. The van der Waals surface area contributed by atoms with Crippen LogP contribution in [0.25, 0.3) is 0 Å². The van der Waals surface area contributed by atoms with E-state index >= 15 is 0 Å². The SMILES string of the molecule is CCNc1ccc(Cl)c(C(=O)NC2CCCC(SC)C2)n1. The Morgan fingerprint density at radius 2 is 2.29 bits per heavy atom. The first-order chi connectivity index (χ1) is 10.1. The van der Waals surface area contributed by atoms with E-state index in [1.165, 1.54) is 6.42 Å². The topological polar surface area (TPSA) is 54.0 Å². The smallest absolute Gasteiger partial charge is 0.271 e. The van der Waals surface area contributed by atoms with Gasteiger partial charge < -0.3 is 10.6 Å². The van der Waals surface area contributed by atoms with Crippen LogP contribution in [0.4, 0.5) is 5.82 Å². The van der Waals surface area contributed by atoms with Gasteiger partial charge in [0.15, 0.2) is 0 Å². The molecule has 1 saturated carbocycles. The van der Waals surface area contributed by atoms with E-state index in [-0.39, 0.29) is 11.9 Å². The molecule has 1 aliphatic carbocycles. The summed E-state index contributed by atoms with van der Waals surface area (Å²) in [6, 6.07) is 3.73. The van der Waals surface area contributed by atoms with Gasteiger partial charge in [0.05, 0.1) is 5.02 Å². The molecule has 2 rings (SSSR count). The fraction of sp³-hybridized carbons (Fsp3) is 0.600. The average molecular weight is 328 g/mol. The van der Waals surface area contributed by atoms with Crippen LogP contribution in [0.5, 0.6) is 0 Å². The molecule has 1 fully saturated rings. The van der Waals surface area contributed by atoms with Crippen molar-refractivity contribution in [3.63, 3.8) is 0 Å².